The molecule has 0 aliphatic rings. The Kier molecular flexibility index (Phi) is 4.87. The van der Waals surface area contributed by atoms with E-state index in [1.54, 1.807) is 33.2 Å². The van der Waals surface area contributed by atoms with Crippen LogP contribution in [0.2, 0.25) is 0 Å². The first kappa shape index (κ1) is 15.1. The van der Waals surface area contributed by atoms with Crippen LogP contribution >= 0.6 is 0 Å². The molecular weight excluding hydrogens is 248 g/mol. The van der Waals surface area contributed by atoms with Gasteiger partial charge in [-0.1, -0.05) is 6.07 Å². The normalized spacial score (nSPS) is 14.4. The number of sulfone groups is 1. The molecule has 0 radical (unpaired) electrons. The fourth-order valence-corrected chi connectivity index (χ4v) is 2.46. The Labute approximate surface area is 110 Å². The van der Waals surface area contributed by atoms with Crippen LogP contribution in [-0.2, 0) is 9.84 Å². The third kappa shape index (κ3) is 4.07. The fourth-order valence-electron chi connectivity index (χ4n) is 1.47. The molecule has 0 spiro atoms. The zero-order valence-corrected chi connectivity index (χ0v) is 12.3. The lowest BCUT2D eigenvalue weighted by Crippen LogP contribution is -2.35. The van der Waals surface area contributed by atoms with Crippen LogP contribution in [0.15, 0.2) is 24.5 Å². The van der Waals surface area contributed by atoms with Gasteiger partial charge in [0, 0.05) is 25.0 Å². The minimum atomic E-state index is -3.05. The molecule has 1 rings (SSSR count). The van der Waals surface area contributed by atoms with Crippen LogP contribution in [0.25, 0.3) is 0 Å². The highest BCUT2D eigenvalue weighted by molar-refractivity contribution is 7.92. The fraction of sp³-hybridized carbons (Fsp3) is 0.615. The molecule has 0 fully saturated rings. The molecule has 1 unspecified atom stereocenters. The van der Waals surface area contributed by atoms with E-state index in [0.717, 1.165) is 5.56 Å². The lowest BCUT2D eigenvalue weighted by molar-refractivity contribution is 0.546. The number of rotatable bonds is 5. The summed E-state index contributed by atoms with van der Waals surface area (Å²) in [5.41, 5.74) is 1.06. The van der Waals surface area contributed by atoms with Gasteiger partial charge in [-0.3, -0.25) is 4.98 Å². The molecule has 102 valence electrons. The smallest absolute Gasteiger partial charge is 0.156 e. The average molecular weight is 270 g/mol. The Morgan fingerprint density at radius 3 is 2.56 bits per heavy atom. The Balaban J connectivity index is 2.49. The zero-order valence-electron chi connectivity index (χ0n) is 11.5. The predicted octanol–water partition coefficient (Wildman–Crippen LogP) is 1.95. The quantitative estimate of drug-likeness (QED) is 0.888. The van der Waals surface area contributed by atoms with Crippen molar-refractivity contribution in [2.45, 2.75) is 38.5 Å². The Hall–Kier alpha value is -0.940. The van der Waals surface area contributed by atoms with Gasteiger partial charge in [0.05, 0.1) is 10.5 Å². The molecule has 0 aromatic carbocycles. The molecule has 4 nitrogen and oxygen atoms in total. The summed E-state index contributed by atoms with van der Waals surface area (Å²) in [4.78, 5) is 4.04. The van der Waals surface area contributed by atoms with Crippen molar-refractivity contribution >= 4 is 9.84 Å². The third-order valence-electron chi connectivity index (χ3n) is 2.94. The molecule has 1 heterocycles. The van der Waals surface area contributed by atoms with Gasteiger partial charge in [0.2, 0.25) is 0 Å². The first-order chi connectivity index (χ1) is 8.24. The maximum absolute atomic E-state index is 11.9. The van der Waals surface area contributed by atoms with Gasteiger partial charge in [-0.2, -0.15) is 0 Å². The van der Waals surface area contributed by atoms with E-state index >= 15 is 0 Å². The second-order valence-electron chi connectivity index (χ2n) is 5.39. The van der Waals surface area contributed by atoms with Crippen molar-refractivity contribution in [2.75, 3.05) is 12.3 Å². The molecule has 5 heteroatoms. The summed E-state index contributed by atoms with van der Waals surface area (Å²) in [5.74, 6) is 0.154. The second kappa shape index (κ2) is 5.80. The molecule has 1 atom stereocenters. The van der Waals surface area contributed by atoms with E-state index in [0.29, 0.717) is 6.54 Å². The Bertz CT molecular complexity index is 464. The van der Waals surface area contributed by atoms with Gasteiger partial charge in [0.25, 0.3) is 0 Å². The van der Waals surface area contributed by atoms with Crippen LogP contribution in [0.4, 0.5) is 0 Å². The Morgan fingerprint density at radius 1 is 1.39 bits per heavy atom. The van der Waals surface area contributed by atoms with Gasteiger partial charge in [0.1, 0.15) is 0 Å². The molecular formula is C13H22N2O2S. The molecule has 0 saturated heterocycles. The summed E-state index contributed by atoms with van der Waals surface area (Å²) < 4.78 is 23.1. The van der Waals surface area contributed by atoms with Crippen LogP contribution in [-0.4, -0.2) is 30.4 Å². The van der Waals surface area contributed by atoms with E-state index < -0.39 is 14.6 Å². The van der Waals surface area contributed by atoms with E-state index in [1.165, 1.54) is 0 Å². The number of hydrogen-bond acceptors (Lipinski definition) is 4. The van der Waals surface area contributed by atoms with Crippen LogP contribution < -0.4 is 5.32 Å². The van der Waals surface area contributed by atoms with Crippen molar-refractivity contribution in [2.24, 2.45) is 0 Å². The molecule has 0 amide bonds. The minimum absolute atomic E-state index is 0.105. The lowest BCUT2D eigenvalue weighted by Gasteiger charge is -2.20. The zero-order chi connectivity index (χ0) is 13.8. The summed E-state index contributed by atoms with van der Waals surface area (Å²) in [5, 5.41) is 3.21. The van der Waals surface area contributed by atoms with Crippen molar-refractivity contribution < 1.29 is 8.42 Å². The number of nitrogens with one attached hydrogen (secondary N) is 1. The number of pyridine rings is 1. The van der Waals surface area contributed by atoms with E-state index in [9.17, 15) is 8.42 Å². The average Bonchev–Trinajstić information content (AvgIpc) is 2.28. The van der Waals surface area contributed by atoms with E-state index in [1.807, 2.05) is 19.1 Å². The third-order valence-corrected chi connectivity index (χ3v) is 5.55. The molecule has 18 heavy (non-hydrogen) atoms. The first-order valence-corrected chi connectivity index (χ1v) is 7.75. The molecule has 1 N–H and O–H groups in total. The standard InChI is InChI=1S/C13H22N2O2S/c1-11(12-6-5-7-14-10-12)15-8-9-18(16,17)13(2,3)4/h5-7,10-11,15H,8-9H2,1-4H3. The van der Waals surface area contributed by atoms with Crippen LogP contribution in [0.5, 0.6) is 0 Å². The number of nitrogens with zero attached hydrogens (tertiary/aromatic N) is 1. The molecule has 0 bridgehead atoms. The number of hydrogen-bond donors (Lipinski definition) is 1. The summed E-state index contributed by atoms with van der Waals surface area (Å²) >= 11 is 0. The summed E-state index contributed by atoms with van der Waals surface area (Å²) in [6.07, 6.45) is 3.51. The highest BCUT2D eigenvalue weighted by atomic mass is 32.2. The summed E-state index contributed by atoms with van der Waals surface area (Å²) in [6.45, 7) is 7.64. The van der Waals surface area contributed by atoms with Crippen molar-refractivity contribution in [1.29, 1.82) is 0 Å². The van der Waals surface area contributed by atoms with Gasteiger partial charge in [-0.05, 0) is 39.3 Å². The van der Waals surface area contributed by atoms with Crippen LogP contribution in [0.1, 0.15) is 39.3 Å². The maximum atomic E-state index is 11.9. The van der Waals surface area contributed by atoms with Gasteiger partial charge in [-0.25, -0.2) is 8.42 Å². The van der Waals surface area contributed by atoms with Crippen molar-refractivity contribution in [3.63, 3.8) is 0 Å². The molecule has 0 saturated carbocycles. The molecule has 1 aromatic heterocycles. The molecule has 0 aliphatic heterocycles. The van der Waals surface area contributed by atoms with E-state index in [4.69, 9.17) is 0 Å². The van der Waals surface area contributed by atoms with Gasteiger partial charge < -0.3 is 5.32 Å². The maximum Gasteiger partial charge on any atom is 0.156 e. The highest BCUT2D eigenvalue weighted by Gasteiger charge is 2.28. The van der Waals surface area contributed by atoms with Crippen LogP contribution in [0, 0.1) is 0 Å². The van der Waals surface area contributed by atoms with Gasteiger partial charge in [-0.15, -0.1) is 0 Å². The van der Waals surface area contributed by atoms with Crippen molar-refractivity contribution in [3.8, 4) is 0 Å². The van der Waals surface area contributed by atoms with Crippen LogP contribution in [0.3, 0.4) is 0 Å². The molecule has 1 aromatic rings. The second-order valence-corrected chi connectivity index (χ2v) is 8.26. The summed E-state index contributed by atoms with van der Waals surface area (Å²) in [6, 6.07) is 3.95. The Morgan fingerprint density at radius 2 is 2.06 bits per heavy atom. The van der Waals surface area contributed by atoms with Crippen molar-refractivity contribution in [3.05, 3.63) is 30.1 Å². The molecule has 0 aliphatic carbocycles. The first-order valence-electron chi connectivity index (χ1n) is 6.09. The van der Waals surface area contributed by atoms with Gasteiger partial charge in [0.15, 0.2) is 9.84 Å². The van der Waals surface area contributed by atoms with Crippen molar-refractivity contribution in [1.82, 2.24) is 10.3 Å². The van der Waals surface area contributed by atoms with E-state index in [-0.39, 0.29) is 11.8 Å². The largest absolute Gasteiger partial charge is 0.309 e. The minimum Gasteiger partial charge on any atom is -0.309 e. The highest BCUT2D eigenvalue weighted by Crippen LogP contribution is 2.16. The van der Waals surface area contributed by atoms with Gasteiger partial charge >= 0.3 is 0 Å². The number of aromatic nitrogens is 1. The predicted molar refractivity (Wildman–Crippen MR) is 74.2 cm³/mol. The topological polar surface area (TPSA) is 59.1 Å². The summed E-state index contributed by atoms with van der Waals surface area (Å²) in [7, 11) is -3.05. The monoisotopic (exact) mass is 270 g/mol. The SMILES string of the molecule is CC(NCCS(=O)(=O)C(C)(C)C)c1cccnc1. The van der Waals surface area contributed by atoms with E-state index in [2.05, 4.69) is 10.3 Å². The lowest BCUT2D eigenvalue weighted by atomic mass is 10.1.